The second-order valence-electron chi connectivity index (χ2n) is 7.84. The highest BCUT2D eigenvalue weighted by molar-refractivity contribution is 7.84. The van der Waals surface area contributed by atoms with Crippen LogP contribution < -0.4 is 5.43 Å². The average molecular weight is 571 g/mol. The number of hydrogen-bond donors (Lipinski definition) is 4. The number of carbonyl (C=O) groups excluding carboxylic acids is 1. The quantitative estimate of drug-likeness (QED) is 0.186. The molecule has 1 amide bonds. The van der Waals surface area contributed by atoms with Crippen LogP contribution in [0.15, 0.2) is 94.0 Å². The first-order valence-electron chi connectivity index (χ1n) is 11.3. The largest absolute Gasteiger partial charge is 0.360 e. The zero-order chi connectivity index (χ0) is 27.9. The number of hydrazine groups is 1. The summed E-state index contributed by atoms with van der Waals surface area (Å²) in [5, 5.41) is 2.43. The van der Waals surface area contributed by atoms with E-state index in [4.69, 9.17) is 18.8 Å². The molecule has 3 N–H and O–H groups in total. The molecule has 0 aromatic rings. The fraction of sp³-hybridized carbons (Fsp3) is 0.320. The van der Waals surface area contributed by atoms with Crippen LogP contribution in [0.3, 0.4) is 0 Å². The first-order valence-corrected chi connectivity index (χ1v) is 15.0. The molecule has 0 aliphatic heterocycles. The Hall–Kier alpha value is -2.00. The first-order chi connectivity index (χ1) is 17.4. The first kappa shape index (κ1) is 33.0. The van der Waals surface area contributed by atoms with E-state index in [1.807, 2.05) is 36.5 Å². The van der Waals surface area contributed by atoms with Gasteiger partial charge in [0.25, 0.3) is 5.91 Å². The summed E-state index contributed by atoms with van der Waals surface area (Å²) in [4.78, 5) is 29.3. The zero-order valence-corrected chi connectivity index (χ0v) is 24.2. The lowest BCUT2D eigenvalue weighted by atomic mass is 10.3. The fourth-order valence-corrected chi connectivity index (χ4v) is 4.98. The molecule has 0 fully saturated rings. The van der Waals surface area contributed by atoms with Gasteiger partial charge in [0.1, 0.15) is 0 Å². The van der Waals surface area contributed by atoms with Gasteiger partial charge in [-0.05, 0) is 25.7 Å². The van der Waals surface area contributed by atoms with Gasteiger partial charge < -0.3 is 18.8 Å². The molecular weight excluding hydrogens is 534 g/mol. The van der Waals surface area contributed by atoms with Crippen LogP contribution in [0.25, 0.3) is 0 Å². The van der Waals surface area contributed by atoms with Crippen LogP contribution in [0.1, 0.15) is 25.7 Å². The highest BCUT2D eigenvalue weighted by Gasteiger charge is 2.26. The monoisotopic (exact) mass is 570 g/mol. The number of nitrogens with zero attached hydrogens (tertiary/aromatic N) is 1. The predicted octanol–water partition coefficient (Wildman–Crippen LogP) is 5.55. The normalized spacial score (nSPS) is 17.1. The van der Waals surface area contributed by atoms with Gasteiger partial charge in [-0.2, -0.15) is 0 Å². The topological polar surface area (TPSA) is 125 Å². The van der Waals surface area contributed by atoms with Crippen LogP contribution >= 0.6 is 27.8 Å². The molecule has 0 bridgehead atoms. The number of nitrogens with one attached hydrogen (secondary N) is 1. The summed E-state index contributed by atoms with van der Waals surface area (Å²) in [5.74, 6) is -0.0382. The minimum Gasteiger partial charge on any atom is -0.321 e. The molecule has 9 nitrogen and oxygen atoms in total. The van der Waals surface area contributed by atoms with E-state index in [-0.39, 0.29) is 11.2 Å². The Balaban J connectivity index is 0.000000252. The number of amides is 1. The SMILES string of the molecule is CN(C)NC(=O)C1=CCC=C1.COP(=O)(OC)C1=CCC=C1.O=P(O)(O)C1=CCC=C1.SC1=CCC=C1. The molecule has 0 spiro atoms. The number of rotatable bonds is 6. The van der Waals surface area contributed by atoms with Crippen molar-refractivity contribution in [2.75, 3.05) is 28.3 Å². The van der Waals surface area contributed by atoms with Crippen molar-refractivity contribution in [3.8, 4) is 0 Å². The Morgan fingerprint density at radius 1 is 0.838 bits per heavy atom. The van der Waals surface area contributed by atoms with E-state index < -0.39 is 15.2 Å². The Morgan fingerprint density at radius 2 is 1.32 bits per heavy atom. The summed E-state index contributed by atoms with van der Waals surface area (Å²) < 4.78 is 31.6. The Kier molecular flexibility index (Phi) is 15.0. The molecule has 0 aromatic heterocycles. The molecular formula is C25H36N2O7P2S. The van der Waals surface area contributed by atoms with Gasteiger partial charge in [-0.1, -0.05) is 72.9 Å². The highest BCUT2D eigenvalue weighted by atomic mass is 32.1. The number of hydrogen-bond acceptors (Lipinski definition) is 7. The lowest BCUT2D eigenvalue weighted by Crippen LogP contribution is -2.36. The van der Waals surface area contributed by atoms with Gasteiger partial charge in [-0.25, -0.2) is 5.01 Å². The summed E-state index contributed by atoms with van der Waals surface area (Å²) in [6, 6.07) is 0. The smallest absolute Gasteiger partial charge is 0.321 e. The zero-order valence-electron chi connectivity index (χ0n) is 21.5. The fourth-order valence-electron chi connectivity index (χ4n) is 2.94. The van der Waals surface area contributed by atoms with E-state index in [1.165, 1.54) is 26.4 Å². The van der Waals surface area contributed by atoms with E-state index in [0.29, 0.717) is 11.7 Å². The summed E-state index contributed by atoms with van der Waals surface area (Å²) >= 11 is 4.07. The van der Waals surface area contributed by atoms with Crippen LogP contribution in [0.4, 0.5) is 0 Å². The van der Waals surface area contributed by atoms with Gasteiger partial charge in [-0.3, -0.25) is 19.4 Å². The molecule has 0 heterocycles. The van der Waals surface area contributed by atoms with Crippen LogP contribution in [0, 0.1) is 0 Å². The molecule has 0 atom stereocenters. The van der Waals surface area contributed by atoms with Gasteiger partial charge in [0.2, 0.25) is 0 Å². The maximum atomic E-state index is 11.6. The third kappa shape index (κ3) is 12.9. The van der Waals surface area contributed by atoms with Crippen molar-refractivity contribution in [2.45, 2.75) is 25.7 Å². The van der Waals surface area contributed by atoms with Gasteiger partial charge >= 0.3 is 15.2 Å². The molecule has 0 saturated carbocycles. The van der Waals surface area contributed by atoms with Gasteiger partial charge in [0.05, 0.1) is 10.6 Å². The molecule has 204 valence electrons. The third-order valence-corrected chi connectivity index (χ3v) is 8.01. The van der Waals surface area contributed by atoms with Crippen molar-refractivity contribution in [3.05, 3.63) is 94.0 Å². The van der Waals surface area contributed by atoms with Gasteiger partial charge in [-0.15, -0.1) is 12.6 Å². The van der Waals surface area contributed by atoms with Crippen molar-refractivity contribution >= 4 is 33.7 Å². The molecule has 0 saturated heterocycles. The van der Waals surface area contributed by atoms with Gasteiger partial charge in [0, 0.05) is 38.8 Å². The van der Waals surface area contributed by atoms with E-state index in [2.05, 4.69) is 30.2 Å². The maximum Gasteiger partial charge on any atom is 0.360 e. The Labute approximate surface area is 224 Å². The van der Waals surface area contributed by atoms with Crippen LogP contribution in [-0.2, 0) is 23.0 Å². The Morgan fingerprint density at radius 3 is 1.62 bits per heavy atom. The number of thiol groups is 1. The molecule has 4 aliphatic carbocycles. The minimum atomic E-state index is -3.94. The lowest BCUT2D eigenvalue weighted by Gasteiger charge is -2.12. The molecule has 0 unspecified atom stereocenters. The van der Waals surface area contributed by atoms with Crippen molar-refractivity contribution in [1.82, 2.24) is 10.4 Å². The highest BCUT2D eigenvalue weighted by Crippen LogP contribution is 2.56. The van der Waals surface area contributed by atoms with Crippen LogP contribution in [0.2, 0.25) is 0 Å². The molecule has 0 aromatic carbocycles. The maximum absolute atomic E-state index is 11.6. The standard InChI is InChI=1S/C8H12N2O.C7H11O3P.C5H7O3P.C5H6S/c1-10(2)9-8(11)7-5-3-4-6-7;1-9-11(8,10-2)7-5-3-4-6-7;6-9(7,8)5-3-1-2-4-5;6-5-3-1-2-4-5/h3,5-6H,4H2,1-2H3,(H,9,11);3,5-6H,4H2,1-2H3;1,3-4H,2H2,(H2,6,7,8);1,3-4,6H,2H2. The van der Waals surface area contributed by atoms with Gasteiger partial charge in [0.15, 0.2) is 0 Å². The van der Waals surface area contributed by atoms with E-state index in [0.717, 1.165) is 29.7 Å². The second kappa shape index (κ2) is 16.8. The number of allylic oxidation sites excluding steroid dienone is 13. The molecule has 4 aliphatic rings. The third-order valence-electron chi connectivity index (χ3n) is 4.75. The summed E-state index contributed by atoms with van der Waals surface area (Å²) in [6.07, 6.45) is 25.5. The molecule has 4 rings (SSSR count). The lowest BCUT2D eigenvalue weighted by molar-refractivity contribution is -0.120. The predicted molar refractivity (Wildman–Crippen MR) is 152 cm³/mol. The van der Waals surface area contributed by atoms with Crippen LogP contribution in [0.5, 0.6) is 0 Å². The van der Waals surface area contributed by atoms with Crippen molar-refractivity contribution in [3.63, 3.8) is 0 Å². The summed E-state index contributed by atoms with van der Waals surface area (Å²) in [7, 11) is -0.544. The van der Waals surface area contributed by atoms with Crippen molar-refractivity contribution < 1.29 is 32.8 Å². The van der Waals surface area contributed by atoms with Crippen LogP contribution in [-0.4, -0.2) is 49.0 Å². The van der Waals surface area contributed by atoms with Crippen molar-refractivity contribution in [1.29, 1.82) is 0 Å². The molecule has 37 heavy (non-hydrogen) atoms. The number of carbonyl (C=O) groups is 1. The second-order valence-corrected chi connectivity index (χ2v) is 12.2. The van der Waals surface area contributed by atoms with Crippen molar-refractivity contribution in [2.24, 2.45) is 0 Å². The molecule has 0 radical (unpaired) electrons. The average Bonchev–Trinajstić information content (AvgIpc) is 3.67. The van der Waals surface area contributed by atoms with E-state index >= 15 is 0 Å². The Bertz CT molecular complexity index is 1120. The molecule has 12 heteroatoms. The van der Waals surface area contributed by atoms with E-state index in [1.54, 1.807) is 31.3 Å². The van der Waals surface area contributed by atoms with E-state index in [9.17, 15) is 13.9 Å². The summed E-state index contributed by atoms with van der Waals surface area (Å²) in [5.41, 5.74) is 3.41. The summed E-state index contributed by atoms with van der Waals surface area (Å²) in [6.45, 7) is 0. The minimum absolute atomic E-state index is 0.0382.